The van der Waals surface area contributed by atoms with Crippen LogP contribution in [0.5, 0.6) is 0 Å². The predicted molar refractivity (Wildman–Crippen MR) is 87.3 cm³/mol. The maximum atomic E-state index is 12.5. The molecule has 1 heterocycles. The first kappa shape index (κ1) is 19.4. The van der Waals surface area contributed by atoms with Crippen LogP contribution in [0.2, 0.25) is 0 Å². The fourth-order valence-electron chi connectivity index (χ4n) is 1.87. The van der Waals surface area contributed by atoms with Gasteiger partial charge in [0.05, 0.1) is 12.1 Å². The zero-order valence-electron chi connectivity index (χ0n) is 13.1. The minimum Gasteiger partial charge on any atom is -0.351 e. The van der Waals surface area contributed by atoms with Crippen molar-refractivity contribution in [1.29, 1.82) is 0 Å². The van der Waals surface area contributed by atoms with Gasteiger partial charge in [-0.2, -0.15) is 13.2 Å². The van der Waals surface area contributed by atoms with Crippen molar-refractivity contribution >= 4 is 27.3 Å². The average Bonchev–Trinajstić information content (AvgIpc) is 3.00. The van der Waals surface area contributed by atoms with Crippen molar-refractivity contribution in [2.24, 2.45) is 0 Å². The number of thiophene rings is 1. The van der Waals surface area contributed by atoms with E-state index in [2.05, 4.69) is 10.0 Å². The number of hydrogen-bond donors (Lipinski definition) is 2. The van der Waals surface area contributed by atoms with Crippen LogP contribution in [0.1, 0.15) is 22.9 Å². The summed E-state index contributed by atoms with van der Waals surface area (Å²) in [5, 5.41) is 2.57. The van der Waals surface area contributed by atoms with E-state index in [0.717, 1.165) is 23.5 Å². The summed E-state index contributed by atoms with van der Waals surface area (Å²) in [4.78, 5) is 11.5. The van der Waals surface area contributed by atoms with Gasteiger partial charge in [-0.05, 0) is 29.8 Å². The van der Waals surface area contributed by atoms with Gasteiger partial charge < -0.3 is 5.32 Å². The average molecular weight is 392 g/mol. The number of amides is 1. The van der Waals surface area contributed by atoms with Crippen LogP contribution in [0.15, 0.2) is 40.6 Å². The summed E-state index contributed by atoms with van der Waals surface area (Å²) in [7, 11) is -3.78. The second-order valence-electron chi connectivity index (χ2n) is 5.15. The summed E-state index contributed by atoms with van der Waals surface area (Å²) in [6, 6.07) is 7.26. The third kappa shape index (κ3) is 5.55. The molecule has 0 saturated heterocycles. The van der Waals surface area contributed by atoms with E-state index in [4.69, 9.17) is 0 Å². The van der Waals surface area contributed by atoms with Gasteiger partial charge in [0.15, 0.2) is 0 Å². The first-order valence-corrected chi connectivity index (χ1v) is 9.37. The summed E-state index contributed by atoms with van der Waals surface area (Å²) in [6.45, 7) is 1.46. The summed E-state index contributed by atoms with van der Waals surface area (Å²) in [6.07, 6.45) is -4.43. The highest BCUT2D eigenvalue weighted by molar-refractivity contribution is 7.91. The summed E-state index contributed by atoms with van der Waals surface area (Å²) >= 11 is 1.01. The third-order valence-electron chi connectivity index (χ3n) is 3.16. The molecule has 136 valence electrons. The lowest BCUT2D eigenvalue weighted by molar-refractivity contribution is -0.137. The maximum Gasteiger partial charge on any atom is 0.416 e. The number of nitrogens with one attached hydrogen (secondary N) is 2. The van der Waals surface area contributed by atoms with Crippen LogP contribution in [-0.2, 0) is 34.1 Å². The van der Waals surface area contributed by atoms with Gasteiger partial charge in [-0.1, -0.05) is 12.1 Å². The monoisotopic (exact) mass is 392 g/mol. The molecule has 1 amide bonds. The molecule has 0 fully saturated rings. The van der Waals surface area contributed by atoms with Gasteiger partial charge in [-0.25, -0.2) is 13.1 Å². The Labute approximate surface area is 146 Å². The van der Waals surface area contributed by atoms with Gasteiger partial charge in [0.25, 0.3) is 0 Å². The number of hydrogen-bond acceptors (Lipinski definition) is 4. The molecule has 2 aromatic rings. The molecular weight excluding hydrogens is 377 g/mol. The number of alkyl halides is 3. The highest BCUT2D eigenvalue weighted by Gasteiger charge is 2.30. The molecule has 0 atom stereocenters. The highest BCUT2D eigenvalue weighted by Crippen LogP contribution is 2.29. The number of sulfonamides is 1. The minimum atomic E-state index is -4.43. The molecule has 2 N–H and O–H groups in total. The van der Waals surface area contributed by atoms with Gasteiger partial charge >= 0.3 is 6.18 Å². The molecule has 1 aromatic carbocycles. The Morgan fingerprint density at radius 2 is 1.72 bits per heavy atom. The molecule has 0 radical (unpaired) electrons. The number of halogens is 3. The molecule has 0 spiro atoms. The molecule has 25 heavy (non-hydrogen) atoms. The topological polar surface area (TPSA) is 75.3 Å². The first-order valence-electron chi connectivity index (χ1n) is 7.07. The number of benzene rings is 1. The quantitative estimate of drug-likeness (QED) is 0.794. The third-order valence-corrected chi connectivity index (χ3v) is 6.14. The van der Waals surface area contributed by atoms with E-state index in [1.165, 1.54) is 25.1 Å². The van der Waals surface area contributed by atoms with E-state index in [9.17, 15) is 26.4 Å². The SMILES string of the molecule is CC(=O)NCc1ccc(S(=O)(=O)NCc2ccc(C(F)(F)F)cc2)s1. The van der Waals surface area contributed by atoms with Crippen LogP contribution in [0, 0.1) is 0 Å². The van der Waals surface area contributed by atoms with Gasteiger partial charge in [0.1, 0.15) is 4.21 Å². The van der Waals surface area contributed by atoms with Crippen molar-refractivity contribution in [3.05, 3.63) is 52.4 Å². The Balaban J connectivity index is 2.00. The standard InChI is InChI=1S/C15H15F3N2O3S2/c1-10(21)19-9-13-6-7-14(24-13)25(22,23)20-8-11-2-4-12(5-3-11)15(16,17)18/h2-7,20H,8-9H2,1H3,(H,19,21). The van der Waals surface area contributed by atoms with Gasteiger partial charge in [-0.15, -0.1) is 11.3 Å². The Hall–Kier alpha value is -1.91. The van der Waals surface area contributed by atoms with E-state index < -0.39 is 21.8 Å². The Morgan fingerprint density at radius 3 is 2.28 bits per heavy atom. The number of rotatable bonds is 6. The van der Waals surface area contributed by atoms with Crippen molar-refractivity contribution in [2.45, 2.75) is 30.4 Å². The molecule has 1 aromatic heterocycles. The molecule has 10 heteroatoms. The normalized spacial score (nSPS) is 12.2. The highest BCUT2D eigenvalue weighted by atomic mass is 32.2. The Morgan fingerprint density at radius 1 is 1.08 bits per heavy atom. The molecule has 0 saturated carbocycles. The molecular formula is C15H15F3N2O3S2. The van der Waals surface area contributed by atoms with Gasteiger partial charge in [0.2, 0.25) is 15.9 Å². The van der Waals surface area contributed by atoms with Crippen LogP contribution < -0.4 is 10.0 Å². The molecule has 0 unspecified atom stereocenters. The minimum absolute atomic E-state index is 0.0692. The largest absolute Gasteiger partial charge is 0.416 e. The van der Waals surface area contributed by atoms with Crippen molar-refractivity contribution in [3.63, 3.8) is 0 Å². The lowest BCUT2D eigenvalue weighted by Gasteiger charge is -2.08. The van der Waals surface area contributed by atoms with Crippen LogP contribution >= 0.6 is 11.3 Å². The number of carbonyl (C=O) groups excluding carboxylic acids is 1. The van der Waals surface area contributed by atoms with E-state index in [1.54, 1.807) is 6.07 Å². The summed E-state index contributed by atoms with van der Waals surface area (Å²) < 4.78 is 64.3. The van der Waals surface area contributed by atoms with Crippen molar-refractivity contribution in [1.82, 2.24) is 10.0 Å². The molecule has 0 aliphatic carbocycles. The van der Waals surface area contributed by atoms with Crippen LogP contribution in [0.3, 0.4) is 0 Å². The van der Waals surface area contributed by atoms with Crippen LogP contribution in [-0.4, -0.2) is 14.3 Å². The zero-order chi connectivity index (χ0) is 18.7. The predicted octanol–water partition coefficient (Wildman–Crippen LogP) is 2.88. The molecule has 0 aliphatic heterocycles. The smallest absolute Gasteiger partial charge is 0.351 e. The lowest BCUT2D eigenvalue weighted by Crippen LogP contribution is -2.22. The molecule has 2 rings (SSSR count). The van der Waals surface area contributed by atoms with E-state index in [-0.39, 0.29) is 23.2 Å². The van der Waals surface area contributed by atoms with Crippen LogP contribution in [0.25, 0.3) is 0 Å². The summed E-state index contributed by atoms with van der Waals surface area (Å²) in [5.41, 5.74) is -0.383. The van der Waals surface area contributed by atoms with E-state index in [1.807, 2.05) is 0 Å². The maximum absolute atomic E-state index is 12.5. The van der Waals surface area contributed by atoms with E-state index in [0.29, 0.717) is 10.4 Å². The zero-order valence-corrected chi connectivity index (χ0v) is 14.7. The molecule has 5 nitrogen and oxygen atoms in total. The van der Waals surface area contributed by atoms with Crippen molar-refractivity contribution in [2.75, 3.05) is 0 Å². The summed E-state index contributed by atoms with van der Waals surface area (Å²) in [5.74, 6) is -0.224. The lowest BCUT2D eigenvalue weighted by atomic mass is 10.1. The second kappa shape index (κ2) is 7.54. The van der Waals surface area contributed by atoms with Crippen molar-refractivity contribution in [3.8, 4) is 0 Å². The molecule has 0 aliphatic rings. The first-order chi connectivity index (χ1) is 11.6. The molecule has 0 bridgehead atoms. The fourth-order valence-corrected chi connectivity index (χ4v) is 4.23. The van der Waals surface area contributed by atoms with E-state index >= 15 is 0 Å². The van der Waals surface area contributed by atoms with Gasteiger partial charge in [-0.3, -0.25) is 4.79 Å². The number of carbonyl (C=O) groups is 1. The Bertz CT molecular complexity index is 844. The Kier molecular flexibility index (Phi) is 5.86. The van der Waals surface area contributed by atoms with Crippen LogP contribution in [0.4, 0.5) is 13.2 Å². The van der Waals surface area contributed by atoms with Gasteiger partial charge in [0, 0.05) is 18.3 Å². The second-order valence-corrected chi connectivity index (χ2v) is 8.31. The fraction of sp³-hybridized carbons (Fsp3) is 0.267. The van der Waals surface area contributed by atoms with Crippen molar-refractivity contribution < 1.29 is 26.4 Å².